The van der Waals surface area contributed by atoms with Crippen molar-refractivity contribution in [2.45, 2.75) is 64.4 Å². The van der Waals surface area contributed by atoms with Gasteiger partial charge in [-0.15, -0.1) is 0 Å². The van der Waals surface area contributed by atoms with E-state index in [0.717, 1.165) is 5.92 Å². The van der Waals surface area contributed by atoms with Crippen molar-refractivity contribution in [1.82, 2.24) is 0 Å². The van der Waals surface area contributed by atoms with Gasteiger partial charge in [-0.3, -0.25) is 0 Å². The molecule has 98 valence electrons. The van der Waals surface area contributed by atoms with Crippen LogP contribution < -0.4 is 0 Å². The van der Waals surface area contributed by atoms with Crippen LogP contribution in [0.2, 0.25) is 0 Å². The molecule has 1 aliphatic carbocycles. The molecule has 3 heteroatoms. The predicted octanol–water partition coefficient (Wildman–Crippen LogP) is 2.09. The van der Waals surface area contributed by atoms with Crippen LogP contribution in [0.4, 0.5) is 0 Å². The van der Waals surface area contributed by atoms with Crippen molar-refractivity contribution in [3.8, 4) is 0 Å². The summed E-state index contributed by atoms with van der Waals surface area (Å²) in [6, 6.07) is 0. The van der Waals surface area contributed by atoms with Gasteiger partial charge in [0.2, 0.25) is 0 Å². The van der Waals surface area contributed by atoms with E-state index in [2.05, 4.69) is 6.92 Å². The van der Waals surface area contributed by atoms with E-state index in [1.54, 1.807) is 0 Å². The topological polar surface area (TPSA) is 60.7 Å². The zero-order chi connectivity index (χ0) is 12.2. The first-order valence-electron chi connectivity index (χ1n) is 6.64. The quantitative estimate of drug-likeness (QED) is 0.680. The summed E-state index contributed by atoms with van der Waals surface area (Å²) in [6.45, 7) is 1.57. The average molecular weight is 232 g/mol. The molecule has 3 nitrogen and oxygen atoms in total. The first kappa shape index (κ1) is 15.9. The van der Waals surface area contributed by atoms with Crippen molar-refractivity contribution < 1.29 is 15.3 Å². The predicted molar refractivity (Wildman–Crippen MR) is 66.3 cm³/mol. The Balaban J connectivity index is 0.000000325. The normalized spacial score (nSPS) is 17.1. The summed E-state index contributed by atoms with van der Waals surface area (Å²) < 4.78 is 0. The SMILES string of the molecule is CCCCC1CCCCC1.OCC(O)CO. The van der Waals surface area contributed by atoms with Gasteiger partial charge < -0.3 is 15.3 Å². The number of aliphatic hydroxyl groups is 3. The first-order chi connectivity index (χ1) is 7.74. The third-order valence-electron chi connectivity index (χ3n) is 3.11. The van der Waals surface area contributed by atoms with Crippen LogP contribution >= 0.6 is 0 Å². The van der Waals surface area contributed by atoms with Crippen LogP contribution in [0.5, 0.6) is 0 Å². The molecular weight excluding hydrogens is 204 g/mol. The lowest BCUT2D eigenvalue weighted by Crippen LogP contribution is -2.15. The lowest BCUT2D eigenvalue weighted by Gasteiger charge is -2.20. The molecule has 0 spiro atoms. The molecular formula is C13H28O3. The van der Waals surface area contributed by atoms with Crippen molar-refractivity contribution in [2.24, 2.45) is 5.92 Å². The van der Waals surface area contributed by atoms with Gasteiger partial charge in [0.1, 0.15) is 6.10 Å². The highest BCUT2D eigenvalue weighted by atomic mass is 16.3. The van der Waals surface area contributed by atoms with E-state index in [1.165, 1.54) is 51.4 Å². The van der Waals surface area contributed by atoms with E-state index < -0.39 is 6.10 Å². The van der Waals surface area contributed by atoms with E-state index in [4.69, 9.17) is 15.3 Å². The summed E-state index contributed by atoms with van der Waals surface area (Å²) in [5, 5.41) is 24.0. The van der Waals surface area contributed by atoms with Crippen LogP contribution in [-0.2, 0) is 0 Å². The fourth-order valence-electron chi connectivity index (χ4n) is 2.03. The van der Waals surface area contributed by atoms with Crippen LogP contribution in [0, 0.1) is 5.92 Å². The maximum atomic E-state index is 8.17. The van der Waals surface area contributed by atoms with Gasteiger partial charge in [-0.1, -0.05) is 58.3 Å². The van der Waals surface area contributed by atoms with Gasteiger partial charge in [-0.05, 0) is 5.92 Å². The third-order valence-corrected chi connectivity index (χ3v) is 3.11. The summed E-state index contributed by atoms with van der Waals surface area (Å²) >= 11 is 0. The van der Waals surface area contributed by atoms with Crippen molar-refractivity contribution in [2.75, 3.05) is 13.2 Å². The maximum Gasteiger partial charge on any atom is 0.100 e. The van der Waals surface area contributed by atoms with Gasteiger partial charge in [-0.2, -0.15) is 0 Å². The van der Waals surface area contributed by atoms with Crippen molar-refractivity contribution in [1.29, 1.82) is 0 Å². The lowest BCUT2D eigenvalue weighted by atomic mass is 9.86. The summed E-state index contributed by atoms with van der Waals surface area (Å²) in [5.74, 6) is 1.11. The summed E-state index contributed by atoms with van der Waals surface area (Å²) in [6.07, 6.45) is 11.0. The van der Waals surface area contributed by atoms with Gasteiger partial charge in [0.15, 0.2) is 0 Å². The Labute approximate surface area is 99.5 Å². The molecule has 1 rings (SSSR count). The van der Waals surface area contributed by atoms with E-state index >= 15 is 0 Å². The molecule has 0 heterocycles. The molecule has 0 aliphatic heterocycles. The van der Waals surface area contributed by atoms with Crippen LogP contribution in [0.25, 0.3) is 0 Å². The van der Waals surface area contributed by atoms with Crippen molar-refractivity contribution in [3.05, 3.63) is 0 Å². The molecule has 0 aromatic carbocycles. The number of rotatable bonds is 5. The molecule has 1 aliphatic rings. The van der Waals surface area contributed by atoms with Gasteiger partial charge in [0.25, 0.3) is 0 Å². The number of hydrogen-bond donors (Lipinski definition) is 3. The largest absolute Gasteiger partial charge is 0.394 e. The van der Waals surface area contributed by atoms with E-state index in [9.17, 15) is 0 Å². The molecule has 0 aromatic rings. The van der Waals surface area contributed by atoms with Crippen LogP contribution in [0.1, 0.15) is 58.3 Å². The second-order valence-corrected chi connectivity index (χ2v) is 4.67. The lowest BCUT2D eigenvalue weighted by molar-refractivity contribution is 0.0450. The second-order valence-electron chi connectivity index (χ2n) is 4.67. The maximum absolute atomic E-state index is 8.17. The zero-order valence-electron chi connectivity index (χ0n) is 10.6. The van der Waals surface area contributed by atoms with Gasteiger partial charge in [0.05, 0.1) is 13.2 Å². The Hall–Kier alpha value is -0.120. The Bertz CT molecular complexity index is 129. The summed E-state index contributed by atoms with van der Waals surface area (Å²) in [4.78, 5) is 0. The average Bonchev–Trinajstić information content (AvgIpc) is 2.37. The molecule has 0 bridgehead atoms. The van der Waals surface area contributed by atoms with Gasteiger partial charge >= 0.3 is 0 Å². The van der Waals surface area contributed by atoms with Gasteiger partial charge in [0, 0.05) is 0 Å². The van der Waals surface area contributed by atoms with Crippen LogP contribution in [0.3, 0.4) is 0 Å². The molecule has 0 saturated heterocycles. The Kier molecular flexibility index (Phi) is 11.3. The molecule has 0 unspecified atom stereocenters. The molecule has 3 N–H and O–H groups in total. The number of aliphatic hydroxyl groups excluding tert-OH is 3. The monoisotopic (exact) mass is 232 g/mol. The van der Waals surface area contributed by atoms with Crippen molar-refractivity contribution in [3.63, 3.8) is 0 Å². The standard InChI is InChI=1S/C10H20.C3H8O3/c1-2-3-7-10-8-5-4-6-9-10;4-1-3(6)2-5/h10H,2-9H2,1H3;3-6H,1-2H2. The van der Waals surface area contributed by atoms with Crippen molar-refractivity contribution >= 4 is 0 Å². The highest BCUT2D eigenvalue weighted by molar-refractivity contribution is 4.65. The fraction of sp³-hybridized carbons (Fsp3) is 1.00. The minimum Gasteiger partial charge on any atom is -0.394 e. The number of unbranched alkanes of at least 4 members (excludes halogenated alkanes) is 1. The molecule has 0 aromatic heterocycles. The van der Waals surface area contributed by atoms with Gasteiger partial charge in [-0.25, -0.2) is 0 Å². The molecule has 1 fully saturated rings. The summed E-state index contributed by atoms with van der Waals surface area (Å²) in [7, 11) is 0. The fourth-order valence-corrected chi connectivity index (χ4v) is 2.03. The Morgan fingerprint density at radius 2 is 1.62 bits per heavy atom. The molecule has 16 heavy (non-hydrogen) atoms. The Morgan fingerprint density at radius 3 is 2.00 bits per heavy atom. The molecule has 1 saturated carbocycles. The second kappa shape index (κ2) is 11.4. The highest BCUT2D eigenvalue weighted by Crippen LogP contribution is 2.27. The van der Waals surface area contributed by atoms with E-state index in [0.29, 0.717) is 0 Å². The first-order valence-corrected chi connectivity index (χ1v) is 6.64. The van der Waals surface area contributed by atoms with E-state index in [1.807, 2.05) is 0 Å². The molecule has 0 amide bonds. The number of hydrogen-bond acceptors (Lipinski definition) is 3. The molecule has 0 radical (unpaired) electrons. The van der Waals surface area contributed by atoms with E-state index in [-0.39, 0.29) is 13.2 Å². The third kappa shape index (κ3) is 9.13. The van der Waals surface area contributed by atoms with Crippen LogP contribution in [-0.4, -0.2) is 34.6 Å². The zero-order valence-corrected chi connectivity index (χ0v) is 10.6. The molecule has 0 atom stereocenters. The smallest absolute Gasteiger partial charge is 0.100 e. The Morgan fingerprint density at radius 1 is 1.06 bits per heavy atom. The summed E-state index contributed by atoms with van der Waals surface area (Å²) in [5.41, 5.74) is 0. The minimum absolute atomic E-state index is 0.365. The van der Waals surface area contributed by atoms with Crippen LogP contribution in [0.15, 0.2) is 0 Å². The highest BCUT2D eigenvalue weighted by Gasteiger charge is 2.11. The minimum atomic E-state index is -0.954.